The van der Waals surface area contributed by atoms with Crippen LogP contribution in [0.25, 0.3) is 0 Å². The van der Waals surface area contributed by atoms with E-state index in [1.54, 1.807) is 0 Å². The molecule has 0 aliphatic carbocycles. The van der Waals surface area contributed by atoms with Crippen molar-refractivity contribution in [2.75, 3.05) is 0 Å². The van der Waals surface area contributed by atoms with Gasteiger partial charge in [0.25, 0.3) is 0 Å². The standard InChI is InChI=1S/C8H17NO.C5H10O2/c1-8(2,3)6-4-5-7(9)10;1-2-3-4-5(6)7/h4-6H2,1-3H3,(H2,9,10);2-4H2,1H3,(H,6,7). The summed E-state index contributed by atoms with van der Waals surface area (Å²) in [5, 5.41) is 8.04. The number of carbonyl (C=O) groups excluding carboxylic acids is 1. The van der Waals surface area contributed by atoms with E-state index in [4.69, 9.17) is 10.8 Å². The van der Waals surface area contributed by atoms with Gasteiger partial charge in [0.15, 0.2) is 0 Å². The lowest BCUT2D eigenvalue weighted by Gasteiger charge is -2.16. The summed E-state index contributed by atoms with van der Waals surface area (Å²) in [5.41, 5.74) is 5.31. The first kappa shape index (κ1) is 18.3. The summed E-state index contributed by atoms with van der Waals surface area (Å²) in [6.07, 6.45) is 4.59. The Morgan fingerprint density at radius 3 is 1.88 bits per heavy atom. The van der Waals surface area contributed by atoms with Gasteiger partial charge in [-0.1, -0.05) is 34.1 Å². The lowest BCUT2D eigenvalue weighted by atomic mass is 9.90. The summed E-state index contributed by atoms with van der Waals surface area (Å²) in [4.78, 5) is 20.1. The second kappa shape index (κ2) is 10.1. The highest BCUT2D eigenvalue weighted by molar-refractivity contribution is 5.73. The van der Waals surface area contributed by atoms with Gasteiger partial charge in [-0.25, -0.2) is 0 Å². The summed E-state index contributed by atoms with van der Waals surface area (Å²) >= 11 is 0. The van der Waals surface area contributed by atoms with Crippen molar-refractivity contribution in [1.82, 2.24) is 0 Å². The van der Waals surface area contributed by atoms with Crippen molar-refractivity contribution in [3.8, 4) is 0 Å². The van der Waals surface area contributed by atoms with Crippen molar-refractivity contribution in [3.63, 3.8) is 0 Å². The SMILES string of the molecule is CC(C)(C)CCCC(N)=O.CCCCC(=O)O. The lowest BCUT2D eigenvalue weighted by Crippen LogP contribution is -2.12. The third kappa shape index (κ3) is 25.3. The number of carboxylic acid groups (broad SMARTS) is 1. The van der Waals surface area contributed by atoms with E-state index in [0.29, 0.717) is 18.3 Å². The zero-order valence-corrected chi connectivity index (χ0v) is 11.6. The summed E-state index contributed by atoms with van der Waals surface area (Å²) in [6, 6.07) is 0. The van der Waals surface area contributed by atoms with E-state index in [1.807, 2.05) is 6.92 Å². The van der Waals surface area contributed by atoms with Gasteiger partial charge in [-0.05, 0) is 24.7 Å². The molecular formula is C13H27NO3. The van der Waals surface area contributed by atoms with Crippen molar-refractivity contribution in [3.05, 3.63) is 0 Å². The molecule has 0 bridgehead atoms. The van der Waals surface area contributed by atoms with E-state index < -0.39 is 5.97 Å². The van der Waals surface area contributed by atoms with Gasteiger partial charge in [-0.15, -0.1) is 0 Å². The van der Waals surface area contributed by atoms with E-state index in [1.165, 1.54) is 0 Å². The molecule has 0 aromatic heterocycles. The molecule has 0 aromatic carbocycles. The van der Waals surface area contributed by atoms with Gasteiger partial charge in [0, 0.05) is 12.8 Å². The second-order valence-electron chi connectivity index (χ2n) is 5.38. The number of primary amides is 1. The van der Waals surface area contributed by atoms with E-state index in [9.17, 15) is 9.59 Å². The maximum atomic E-state index is 10.3. The third-order valence-corrected chi connectivity index (χ3v) is 2.09. The van der Waals surface area contributed by atoms with Crippen LogP contribution in [0.1, 0.15) is 66.2 Å². The highest BCUT2D eigenvalue weighted by atomic mass is 16.4. The molecule has 3 N–H and O–H groups in total. The number of hydrogen-bond acceptors (Lipinski definition) is 2. The van der Waals surface area contributed by atoms with Crippen molar-refractivity contribution in [2.24, 2.45) is 11.1 Å². The van der Waals surface area contributed by atoms with Crippen LogP contribution in [0.2, 0.25) is 0 Å². The van der Waals surface area contributed by atoms with Crippen LogP contribution in [0.15, 0.2) is 0 Å². The number of amides is 1. The molecule has 0 atom stereocenters. The Hall–Kier alpha value is -1.06. The molecule has 0 saturated heterocycles. The highest BCUT2D eigenvalue weighted by Crippen LogP contribution is 2.20. The first-order valence-corrected chi connectivity index (χ1v) is 6.19. The summed E-state index contributed by atoms with van der Waals surface area (Å²) in [5.74, 6) is -0.883. The summed E-state index contributed by atoms with van der Waals surface area (Å²) < 4.78 is 0. The average Bonchev–Trinajstić information content (AvgIpc) is 2.12. The molecule has 4 heteroatoms. The van der Waals surface area contributed by atoms with Crippen LogP contribution in [0, 0.1) is 5.41 Å². The fraction of sp³-hybridized carbons (Fsp3) is 0.846. The Morgan fingerprint density at radius 2 is 1.65 bits per heavy atom. The normalized spacial score (nSPS) is 10.4. The second-order valence-corrected chi connectivity index (χ2v) is 5.38. The number of unbranched alkanes of at least 4 members (excludes halogenated alkanes) is 1. The molecule has 0 aromatic rings. The van der Waals surface area contributed by atoms with Gasteiger partial charge >= 0.3 is 5.97 Å². The van der Waals surface area contributed by atoms with Gasteiger partial charge in [-0.3, -0.25) is 9.59 Å². The minimum Gasteiger partial charge on any atom is -0.481 e. The largest absolute Gasteiger partial charge is 0.481 e. The fourth-order valence-electron chi connectivity index (χ4n) is 1.12. The molecule has 0 aliphatic heterocycles. The maximum absolute atomic E-state index is 10.3. The van der Waals surface area contributed by atoms with Gasteiger partial charge in [0.05, 0.1) is 0 Å². The van der Waals surface area contributed by atoms with E-state index >= 15 is 0 Å². The molecule has 0 saturated carbocycles. The van der Waals surface area contributed by atoms with Crippen LogP contribution in [-0.4, -0.2) is 17.0 Å². The number of rotatable bonds is 6. The Morgan fingerprint density at radius 1 is 1.12 bits per heavy atom. The number of hydrogen-bond donors (Lipinski definition) is 2. The number of carboxylic acids is 1. The van der Waals surface area contributed by atoms with Crippen LogP contribution in [0.3, 0.4) is 0 Å². The minimum absolute atomic E-state index is 0.191. The third-order valence-electron chi connectivity index (χ3n) is 2.09. The molecule has 102 valence electrons. The topological polar surface area (TPSA) is 80.4 Å². The van der Waals surface area contributed by atoms with Crippen molar-refractivity contribution in [1.29, 1.82) is 0 Å². The molecule has 17 heavy (non-hydrogen) atoms. The molecule has 1 amide bonds. The van der Waals surface area contributed by atoms with Crippen LogP contribution in [0.4, 0.5) is 0 Å². The Labute approximate surface area is 105 Å². The molecule has 0 fully saturated rings. The monoisotopic (exact) mass is 245 g/mol. The van der Waals surface area contributed by atoms with Gasteiger partial charge in [0.1, 0.15) is 0 Å². The molecule has 0 aliphatic rings. The molecular weight excluding hydrogens is 218 g/mol. The van der Waals surface area contributed by atoms with Crippen molar-refractivity contribution >= 4 is 11.9 Å². The molecule has 0 heterocycles. The number of aliphatic carboxylic acids is 1. The molecule has 0 unspecified atom stereocenters. The fourth-order valence-corrected chi connectivity index (χ4v) is 1.12. The van der Waals surface area contributed by atoms with E-state index in [0.717, 1.165) is 25.7 Å². The molecule has 4 nitrogen and oxygen atoms in total. The van der Waals surface area contributed by atoms with Gasteiger partial charge < -0.3 is 10.8 Å². The number of carbonyl (C=O) groups is 2. The van der Waals surface area contributed by atoms with Gasteiger partial charge in [-0.2, -0.15) is 0 Å². The van der Waals surface area contributed by atoms with Crippen molar-refractivity contribution in [2.45, 2.75) is 66.2 Å². The summed E-state index contributed by atoms with van der Waals surface area (Å²) in [7, 11) is 0. The zero-order valence-electron chi connectivity index (χ0n) is 11.6. The van der Waals surface area contributed by atoms with Crippen LogP contribution in [-0.2, 0) is 9.59 Å². The molecule has 0 rings (SSSR count). The van der Waals surface area contributed by atoms with E-state index in [2.05, 4.69) is 20.8 Å². The first-order chi connectivity index (χ1) is 7.69. The smallest absolute Gasteiger partial charge is 0.303 e. The van der Waals surface area contributed by atoms with Crippen LogP contribution < -0.4 is 5.73 Å². The first-order valence-electron chi connectivity index (χ1n) is 6.19. The maximum Gasteiger partial charge on any atom is 0.303 e. The van der Waals surface area contributed by atoms with Gasteiger partial charge in [0.2, 0.25) is 5.91 Å². The van der Waals surface area contributed by atoms with Crippen LogP contribution in [0.5, 0.6) is 0 Å². The predicted molar refractivity (Wildman–Crippen MR) is 69.7 cm³/mol. The van der Waals surface area contributed by atoms with Crippen LogP contribution >= 0.6 is 0 Å². The Bertz CT molecular complexity index is 219. The molecule has 0 spiro atoms. The average molecular weight is 245 g/mol. The Kier molecular flexibility index (Phi) is 10.9. The zero-order chi connectivity index (χ0) is 13.9. The minimum atomic E-state index is -0.693. The predicted octanol–water partition coefficient (Wildman–Crippen LogP) is 2.95. The quantitative estimate of drug-likeness (QED) is 0.755. The number of nitrogens with two attached hydrogens (primary N) is 1. The summed E-state index contributed by atoms with van der Waals surface area (Å²) in [6.45, 7) is 8.46. The lowest BCUT2D eigenvalue weighted by molar-refractivity contribution is -0.137. The van der Waals surface area contributed by atoms with E-state index in [-0.39, 0.29) is 5.91 Å². The van der Waals surface area contributed by atoms with Crippen molar-refractivity contribution < 1.29 is 14.7 Å². The molecule has 0 radical (unpaired) electrons. The Balaban J connectivity index is 0. The highest BCUT2D eigenvalue weighted by Gasteiger charge is 2.09.